The molecule has 2 saturated carbocycles. The molecular formula is C16H23N3O4S. The summed E-state index contributed by atoms with van der Waals surface area (Å²) in [6.45, 7) is 2.06. The van der Waals surface area contributed by atoms with Crippen LogP contribution in [0.1, 0.15) is 32.6 Å². The molecule has 132 valence electrons. The van der Waals surface area contributed by atoms with Gasteiger partial charge in [0.25, 0.3) is 5.69 Å². The smallest absolute Gasteiger partial charge is 0.293 e. The van der Waals surface area contributed by atoms with Crippen LogP contribution in [0.15, 0.2) is 23.1 Å². The summed E-state index contributed by atoms with van der Waals surface area (Å²) in [7, 11) is -2.42. The molecule has 2 bridgehead atoms. The van der Waals surface area contributed by atoms with Crippen LogP contribution in [0.25, 0.3) is 0 Å². The zero-order valence-electron chi connectivity index (χ0n) is 13.9. The van der Waals surface area contributed by atoms with E-state index in [4.69, 9.17) is 0 Å². The van der Waals surface area contributed by atoms with Crippen LogP contribution in [0, 0.1) is 27.9 Å². The van der Waals surface area contributed by atoms with Gasteiger partial charge < -0.3 is 5.32 Å². The summed E-state index contributed by atoms with van der Waals surface area (Å²) in [5.41, 5.74) is 0.173. The van der Waals surface area contributed by atoms with Gasteiger partial charge in [0.1, 0.15) is 5.69 Å². The van der Waals surface area contributed by atoms with Gasteiger partial charge in [-0.15, -0.1) is 0 Å². The Bertz CT molecular complexity index is 750. The van der Waals surface area contributed by atoms with E-state index in [-0.39, 0.29) is 16.6 Å². The van der Waals surface area contributed by atoms with Crippen molar-refractivity contribution < 1.29 is 13.3 Å². The predicted molar refractivity (Wildman–Crippen MR) is 91.4 cm³/mol. The zero-order chi connectivity index (χ0) is 17.5. The molecule has 2 aliphatic rings. The average molecular weight is 353 g/mol. The van der Waals surface area contributed by atoms with Crippen LogP contribution in [0.2, 0.25) is 0 Å². The minimum atomic E-state index is -3.70. The van der Waals surface area contributed by atoms with E-state index in [9.17, 15) is 18.5 Å². The fourth-order valence-corrected chi connectivity index (χ4v) is 5.08. The molecule has 3 rings (SSSR count). The lowest BCUT2D eigenvalue weighted by Crippen LogP contribution is -2.30. The highest BCUT2D eigenvalue weighted by molar-refractivity contribution is 7.89. The standard InChI is InChI=1S/C16H23N3O4S/c1-10(14-8-11-3-4-12(14)7-11)18-15-6-5-13(24(22,23)17-2)9-16(15)19(20)21/h5-6,9-12,14,17-18H,3-4,7-8H2,1-2H3/t10-,11+,12+,14-/m1/s1. The molecular weight excluding hydrogens is 330 g/mol. The Kier molecular flexibility index (Phi) is 4.52. The highest BCUT2D eigenvalue weighted by atomic mass is 32.2. The molecule has 0 unspecified atom stereocenters. The Morgan fingerprint density at radius 2 is 2.04 bits per heavy atom. The number of anilines is 1. The predicted octanol–water partition coefficient (Wildman–Crippen LogP) is 2.74. The monoisotopic (exact) mass is 353 g/mol. The first-order valence-electron chi connectivity index (χ1n) is 8.30. The first-order chi connectivity index (χ1) is 11.3. The Hall–Kier alpha value is -1.67. The van der Waals surface area contributed by atoms with Gasteiger partial charge in [0.15, 0.2) is 0 Å². The molecule has 2 N–H and O–H groups in total. The topological polar surface area (TPSA) is 101 Å². The highest BCUT2D eigenvalue weighted by Gasteiger charge is 2.42. The summed E-state index contributed by atoms with van der Waals surface area (Å²) in [5, 5.41) is 14.6. The molecule has 8 heteroatoms. The van der Waals surface area contributed by atoms with Crippen molar-refractivity contribution in [1.29, 1.82) is 0 Å². The summed E-state index contributed by atoms with van der Waals surface area (Å²) < 4.78 is 25.9. The van der Waals surface area contributed by atoms with Gasteiger partial charge >= 0.3 is 0 Å². The third-order valence-electron chi connectivity index (χ3n) is 5.56. The van der Waals surface area contributed by atoms with Gasteiger partial charge in [-0.05, 0) is 63.1 Å². The second-order valence-corrected chi connectivity index (χ2v) is 8.80. The van der Waals surface area contributed by atoms with Crippen molar-refractivity contribution in [3.63, 3.8) is 0 Å². The Labute approximate surface area is 142 Å². The Morgan fingerprint density at radius 3 is 2.58 bits per heavy atom. The lowest BCUT2D eigenvalue weighted by atomic mass is 9.84. The second-order valence-electron chi connectivity index (χ2n) is 6.92. The number of nitrogens with one attached hydrogen (secondary N) is 2. The molecule has 7 nitrogen and oxygen atoms in total. The van der Waals surface area contributed by atoms with Crippen LogP contribution in [-0.2, 0) is 10.0 Å². The van der Waals surface area contributed by atoms with E-state index >= 15 is 0 Å². The molecule has 0 heterocycles. The first kappa shape index (κ1) is 17.2. The van der Waals surface area contributed by atoms with E-state index in [2.05, 4.69) is 17.0 Å². The van der Waals surface area contributed by atoms with Crippen LogP contribution in [0.4, 0.5) is 11.4 Å². The van der Waals surface area contributed by atoms with Crippen molar-refractivity contribution in [3.05, 3.63) is 28.3 Å². The van der Waals surface area contributed by atoms with E-state index < -0.39 is 14.9 Å². The van der Waals surface area contributed by atoms with Gasteiger partial charge in [-0.1, -0.05) is 6.42 Å². The Balaban J connectivity index is 1.83. The number of nitrogens with zero attached hydrogens (tertiary/aromatic N) is 1. The van der Waals surface area contributed by atoms with E-state index in [0.717, 1.165) is 12.0 Å². The van der Waals surface area contributed by atoms with Crippen LogP contribution in [-0.4, -0.2) is 26.4 Å². The van der Waals surface area contributed by atoms with Crippen molar-refractivity contribution in [2.75, 3.05) is 12.4 Å². The van der Waals surface area contributed by atoms with E-state index in [1.165, 1.54) is 44.9 Å². The number of nitro groups is 1. The van der Waals surface area contributed by atoms with Crippen molar-refractivity contribution in [2.45, 2.75) is 43.5 Å². The molecule has 0 amide bonds. The van der Waals surface area contributed by atoms with Crippen molar-refractivity contribution >= 4 is 21.4 Å². The van der Waals surface area contributed by atoms with Crippen molar-refractivity contribution in [2.24, 2.45) is 17.8 Å². The maximum absolute atomic E-state index is 11.9. The number of fused-ring (bicyclic) bond motifs is 2. The normalized spacial score (nSPS) is 27.2. The molecule has 0 radical (unpaired) electrons. The van der Waals surface area contributed by atoms with Gasteiger partial charge in [0.2, 0.25) is 10.0 Å². The fourth-order valence-electron chi connectivity index (χ4n) is 4.33. The number of sulfonamides is 1. The lowest BCUT2D eigenvalue weighted by molar-refractivity contribution is -0.384. The molecule has 2 aliphatic carbocycles. The number of nitro benzene ring substituents is 1. The molecule has 0 spiro atoms. The summed E-state index contributed by atoms with van der Waals surface area (Å²) in [4.78, 5) is 10.7. The van der Waals surface area contributed by atoms with Gasteiger partial charge in [-0.25, -0.2) is 13.1 Å². The van der Waals surface area contributed by atoms with Gasteiger partial charge in [-0.2, -0.15) is 0 Å². The third-order valence-corrected chi connectivity index (χ3v) is 6.98. The molecule has 0 aromatic heterocycles. The van der Waals surface area contributed by atoms with Gasteiger partial charge in [0.05, 0.1) is 9.82 Å². The number of rotatable bonds is 6. The minimum absolute atomic E-state index is 0.102. The van der Waals surface area contributed by atoms with Gasteiger partial charge in [-0.3, -0.25) is 10.1 Å². The van der Waals surface area contributed by atoms with Crippen LogP contribution in [0.3, 0.4) is 0 Å². The number of hydrogen-bond donors (Lipinski definition) is 2. The van der Waals surface area contributed by atoms with Crippen molar-refractivity contribution in [3.8, 4) is 0 Å². The summed E-state index contributed by atoms with van der Waals surface area (Å²) in [5.74, 6) is 2.05. The largest absolute Gasteiger partial charge is 0.377 e. The second kappa shape index (κ2) is 6.33. The van der Waals surface area contributed by atoms with Crippen LogP contribution in [0.5, 0.6) is 0 Å². The number of hydrogen-bond acceptors (Lipinski definition) is 5. The fraction of sp³-hybridized carbons (Fsp3) is 0.625. The minimum Gasteiger partial charge on any atom is -0.377 e. The van der Waals surface area contributed by atoms with E-state index in [1.54, 1.807) is 0 Å². The molecule has 0 aliphatic heterocycles. The Morgan fingerprint density at radius 1 is 1.29 bits per heavy atom. The number of benzene rings is 1. The van der Waals surface area contributed by atoms with Crippen molar-refractivity contribution in [1.82, 2.24) is 4.72 Å². The quantitative estimate of drug-likeness (QED) is 0.605. The summed E-state index contributed by atoms with van der Waals surface area (Å²) in [6.07, 6.45) is 5.02. The molecule has 2 fully saturated rings. The first-order valence-corrected chi connectivity index (χ1v) is 9.78. The molecule has 24 heavy (non-hydrogen) atoms. The third kappa shape index (κ3) is 3.12. The van der Waals surface area contributed by atoms with Crippen LogP contribution < -0.4 is 10.0 Å². The average Bonchev–Trinajstić information content (AvgIpc) is 3.17. The molecule has 1 aromatic rings. The zero-order valence-corrected chi connectivity index (χ0v) is 14.7. The van der Waals surface area contributed by atoms with Gasteiger partial charge in [0, 0.05) is 12.1 Å². The van der Waals surface area contributed by atoms with Crippen LogP contribution >= 0.6 is 0 Å². The maximum Gasteiger partial charge on any atom is 0.293 e. The summed E-state index contributed by atoms with van der Waals surface area (Å²) in [6, 6.07) is 4.13. The maximum atomic E-state index is 11.9. The highest BCUT2D eigenvalue weighted by Crippen LogP contribution is 2.50. The van der Waals surface area contributed by atoms with E-state index in [1.807, 2.05) is 0 Å². The van der Waals surface area contributed by atoms with E-state index in [0.29, 0.717) is 17.5 Å². The summed E-state index contributed by atoms with van der Waals surface area (Å²) >= 11 is 0. The molecule has 1 aromatic carbocycles. The lowest BCUT2D eigenvalue weighted by Gasteiger charge is -2.29. The molecule has 4 atom stereocenters. The SMILES string of the molecule is CNS(=O)(=O)c1ccc(N[C@H](C)[C@H]2C[C@H]3CC[C@H]2C3)c([N+](=O)[O-])c1. The molecule has 0 saturated heterocycles.